The maximum Gasteiger partial charge on any atom is 0.212 e. The van der Waals surface area contributed by atoms with E-state index in [9.17, 15) is 8.42 Å². The lowest BCUT2D eigenvalue weighted by molar-refractivity contribution is 0.483. The molecular formula is C14H24N2O2S2. The Morgan fingerprint density at radius 2 is 1.90 bits per heavy atom. The lowest BCUT2D eigenvalue weighted by atomic mass is 10.1. The van der Waals surface area contributed by atoms with Gasteiger partial charge in [-0.3, -0.25) is 0 Å². The van der Waals surface area contributed by atoms with E-state index in [1.165, 1.54) is 11.8 Å². The van der Waals surface area contributed by atoms with Crippen molar-refractivity contribution in [1.82, 2.24) is 4.72 Å². The molecule has 0 radical (unpaired) electrons. The Bertz CT molecular complexity index is 516. The third-order valence-corrected chi connectivity index (χ3v) is 5.59. The molecule has 4 nitrogen and oxygen atoms in total. The van der Waals surface area contributed by atoms with Crippen LogP contribution in [0, 0.1) is 5.92 Å². The molecule has 1 atom stereocenters. The van der Waals surface area contributed by atoms with Crippen LogP contribution in [-0.4, -0.2) is 26.0 Å². The number of hydrogen-bond donors (Lipinski definition) is 2. The highest BCUT2D eigenvalue weighted by atomic mass is 32.2. The van der Waals surface area contributed by atoms with E-state index in [-0.39, 0.29) is 11.8 Å². The van der Waals surface area contributed by atoms with Crippen molar-refractivity contribution >= 4 is 27.5 Å². The first kappa shape index (κ1) is 17.3. The third kappa shape index (κ3) is 6.63. The van der Waals surface area contributed by atoms with Gasteiger partial charge in [-0.05, 0) is 31.4 Å². The largest absolute Gasteiger partial charge is 0.398 e. The van der Waals surface area contributed by atoms with Gasteiger partial charge in [0.15, 0.2) is 0 Å². The second-order valence-corrected chi connectivity index (χ2v) is 8.36. The average Bonchev–Trinajstić information content (AvgIpc) is 2.29. The van der Waals surface area contributed by atoms with Gasteiger partial charge in [-0.2, -0.15) is 0 Å². The number of benzene rings is 1. The van der Waals surface area contributed by atoms with E-state index in [0.29, 0.717) is 17.4 Å². The normalized spacial score (nSPS) is 13.6. The summed E-state index contributed by atoms with van der Waals surface area (Å²) in [4.78, 5) is 0.929. The molecule has 3 N–H and O–H groups in total. The Balaban J connectivity index is 2.42. The molecule has 1 aromatic rings. The topological polar surface area (TPSA) is 72.2 Å². The summed E-state index contributed by atoms with van der Waals surface area (Å²) < 4.78 is 26.6. The molecule has 0 saturated heterocycles. The van der Waals surface area contributed by atoms with Gasteiger partial charge < -0.3 is 5.73 Å². The first-order valence-electron chi connectivity index (χ1n) is 6.77. The summed E-state index contributed by atoms with van der Waals surface area (Å²) in [6.07, 6.45) is 0.845. The van der Waals surface area contributed by atoms with Crippen LogP contribution < -0.4 is 10.5 Å². The van der Waals surface area contributed by atoms with Crippen molar-refractivity contribution in [2.45, 2.75) is 38.1 Å². The van der Waals surface area contributed by atoms with Crippen molar-refractivity contribution in [3.05, 3.63) is 24.3 Å². The first-order chi connectivity index (χ1) is 9.30. The summed E-state index contributed by atoms with van der Waals surface area (Å²) in [7, 11) is -3.22. The summed E-state index contributed by atoms with van der Waals surface area (Å²) in [5.74, 6) is 1.08. The van der Waals surface area contributed by atoms with Crippen molar-refractivity contribution in [1.29, 1.82) is 0 Å². The van der Waals surface area contributed by atoms with Gasteiger partial charge in [0.05, 0.1) is 5.75 Å². The second-order valence-electron chi connectivity index (χ2n) is 5.35. The molecule has 114 valence electrons. The molecule has 0 amide bonds. The molecular weight excluding hydrogens is 292 g/mol. The van der Waals surface area contributed by atoms with Crippen LogP contribution in [0.5, 0.6) is 0 Å². The molecule has 1 aromatic carbocycles. The number of anilines is 1. The summed E-state index contributed by atoms with van der Waals surface area (Å²) in [5.41, 5.74) is 6.51. The molecule has 20 heavy (non-hydrogen) atoms. The van der Waals surface area contributed by atoms with E-state index >= 15 is 0 Å². The Morgan fingerprint density at radius 3 is 2.50 bits per heavy atom. The van der Waals surface area contributed by atoms with E-state index in [2.05, 4.69) is 18.6 Å². The van der Waals surface area contributed by atoms with Gasteiger partial charge in [0, 0.05) is 22.4 Å². The zero-order valence-electron chi connectivity index (χ0n) is 12.3. The summed E-state index contributed by atoms with van der Waals surface area (Å²) >= 11 is 1.47. The van der Waals surface area contributed by atoms with Crippen LogP contribution in [0.4, 0.5) is 5.69 Å². The van der Waals surface area contributed by atoms with E-state index in [1.54, 1.807) is 0 Å². The van der Waals surface area contributed by atoms with Gasteiger partial charge in [0.25, 0.3) is 0 Å². The molecule has 1 unspecified atom stereocenters. The standard InChI is InChI=1S/C14H24N2O2S2/c1-11(2)10-12(3)16-20(17,18)9-8-19-14-7-5-4-6-13(14)15/h4-7,11-12,16H,8-10,15H2,1-3H3. The molecule has 0 fully saturated rings. The lowest BCUT2D eigenvalue weighted by Gasteiger charge is -2.16. The molecule has 1 rings (SSSR count). The number of rotatable bonds is 8. The highest BCUT2D eigenvalue weighted by Crippen LogP contribution is 2.24. The van der Waals surface area contributed by atoms with Crippen LogP contribution in [-0.2, 0) is 10.0 Å². The molecule has 0 aliphatic rings. The number of sulfonamides is 1. The van der Waals surface area contributed by atoms with Gasteiger partial charge >= 0.3 is 0 Å². The predicted molar refractivity (Wildman–Crippen MR) is 87.4 cm³/mol. The van der Waals surface area contributed by atoms with Crippen LogP contribution in [0.3, 0.4) is 0 Å². The number of hydrogen-bond acceptors (Lipinski definition) is 4. The number of nitrogens with one attached hydrogen (secondary N) is 1. The van der Waals surface area contributed by atoms with E-state index < -0.39 is 10.0 Å². The molecule has 6 heteroatoms. The Kier molecular flexibility index (Phi) is 6.85. The van der Waals surface area contributed by atoms with Gasteiger partial charge in [-0.25, -0.2) is 13.1 Å². The van der Waals surface area contributed by atoms with Crippen LogP contribution in [0.2, 0.25) is 0 Å². The molecule has 0 aromatic heterocycles. The Labute approximate surface area is 126 Å². The van der Waals surface area contributed by atoms with Gasteiger partial charge in [-0.1, -0.05) is 26.0 Å². The van der Waals surface area contributed by atoms with Crippen molar-refractivity contribution in [2.24, 2.45) is 5.92 Å². The second kappa shape index (κ2) is 7.90. The van der Waals surface area contributed by atoms with E-state index in [0.717, 1.165) is 11.3 Å². The van der Waals surface area contributed by atoms with Crippen molar-refractivity contribution in [3.8, 4) is 0 Å². The summed E-state index contributed by atoms with van der Waals surface area (Å²) in [6.45, 7) is 6.07. The zero-order chi connectivity index (χ0) is 15.2. The van der Waals surface area contributed by atoms with Crippen molar-refractivity contribution in [3.63, 3.8) is 0 Å². The molecule has 0 aliphatic carbocycles. The Morgan fingerprint density at radius 1 is 1.25 bits per heavy atom. The van der Waals surface area contributed by atoms with E-state index in [1.807, 2.05) is 31.2 Å². The summed E-state index contributed by atoms with van der Waals surface area (Å²) in [6, 6.07) is 7.47. The maximum atomic E-state index is 11.9. The molecule has 0 spiro atoms. The smallest absolute Gasteiger partial charge is 0.212 e. The fourth-order valence-corrected chi connectivity index (χ4v) is 4.66. The third-order valence-electron chi connectivity index (χ3n) is 2.73. The van der Waals surface area contributed by atoms with Crippen LogP contribution in [0.1, 0.15) is 27.2 Å². The molecule has 0 aliphatic heterocycles. The maximum absolute atomic E-state index is 11.9. The molecule has 0 bridgehead atoms. The first-order valence-corrected chi connectivity index (χ1v) is 9.41. The molecule has 0 saturated carbocycles. The summed E-state index contributed by atoms with van der Waals surface area (Å²) in [5, 5.41) is 0. The van der Waals surface area contributed by atoms with Gasteiger partial charge in [0.1, 0.15) is 0 Å². The van der Waals surface area contributed by atoms with Crippen molar-refractivity contribution in [2.75, 3.05) is 17.2 Å². The highest BCUT2D eigenvalue weighted by Gasteiger charge is 2.15. The highest BCUT2D eigenvalue weighted by molar-refractivity contribution is 8.00. The minimum absolute atomic E-state index is 0.0215. The minimum atomic E-state index is -3.22. The molecule has 0 heterocycles. The van der Waals surface area contributed by atoms with Crippen LogP contribution in [0.15, 0.2) is 29.2 Å². The number of nitrogen functional groups attached to an aromatic ring is 1. The van der Waals surface area contributed by atoms with E-state index in [4.69, 9.17) is 5.73 Å². The average molecular weight is 316 g/mol. The lowest BCUT2D eigenvalue weighted by Crippen LogP contribution is -2.35. The Hall–Kier alpha value is -0.720. The number of nitrogens with two attached hydrogens (primary N) is 1. The van der Waals surface area contributed by atoms with Gasteiger partial charge in [0.2, 0.25) is 10.0 Å². The fourth-order valence-electron chi connectivity index (χ4n) is 1.99. The SMILES string of the molecule is CC(C)CC(C)NS(=O)(=O)CCSc1ccccc1N. The van der Waals surface area contributed by atoms with Crippen LogP contribution in [0.25, 0.3) is 0 Å². The monoisotopic (exact) mass is 316 g/mol. The number of para-hydroxylation sites is 1. The van der Waals surface area contributed by atoms with Crippen molar-refractivity contribution < 1.29 is 8.42 Å². The predicted octanol–water partition coefficient (Wildman–Crippen LogP) is 2.71. The minimum Gasteiger partial charge on any atom is -0.398 e. The van der Waals surface area contributed by atoms with Crippen LogP contribution >= 0.6 is 11.8 Å². The number of thioether (sulfide) groups is 1. The zero-order valence-corrected chi connectivity index (χ0v) is 13.9. The van der Waals surface area contributed by atoms with Gasteiger partial charge in [-0.15, -0.1) is 11.8 Å². The quantitative estimate of drug-likeness (QED) is 0.571. The fraction of sp³-hybridized carbons (Fsp3) is 0.571.